The van der Waals surface area contributed by atoms with E-state index in [0.717, 1.165) is 6.42 Å². The molecule has 2 heteroatoms. The van der Waals surface area contributed by atoms with E-state index in [9.17, 15) is 4.79 Å². The van der Waals surface area contributed by atoms with Crippen LogP contribution >= 0.6 is 0 Å². The van der Waals surface area contributed by atoms with E-state index in [0.29, 0.717) is 12.5 Å². The van der Waals surface area contributed by atoms with Crippen molar-refractivity contribution in [2.75, 3.05) is 6.61 Å². The second-order valence-corrected chi connectivity index (χ2v) is 3.87. The van der Waals surface area contributed by atoms with E-state index in [-0.39, 0.29) is 11.9 Å². The summed E-state index contributed by atoms with van der Waals surface area (Å²) in [7, 11) is 0. The van der Waals surface area contributed by atoms with E-state index >= 15 is 0 Å². The van der Waals surface area contributed by atoms with Gasteiger partial charge in [0.05, 0.1) is 12.5 Å². The molecule has 1 aromatic rings. The Balaban J connectivity index is 2.11. The highest BCUT2D eigenvalue weighted by molar-refractivity contribution is 5.72. The lowest BCUT2D eigenvalue weighted by atomic mass is 9.88. The Bertz CT molecular complexity index is 318. The Morgan fingerprint density at radius 2 is 2.00 bits per heavy atom. The molecule has 0 spiro atoms. The van der Waals surface area contributed by atoms with Crippen molar-refractivity contribution in [1.29, 1.82) is 0 Å². The number of carbonyl (C=O) groups excluding carboxylic acids is 1. The van der Waals surface area contributed by atoms with Crippen LogP contribution in [0.4, 0.5) is 0 Å². The normalized spacial score (nSPS) is 27.1. The molecule has 2 atom stereocenters. The molecule has 14 heavy (non-hydrogen) atoms. The summed E-state index contributed by atoms with van der Waals surface area (Å²) in [6.07, 6.45) is 0.906. The Labute approximate surface area is 83.9 Å². The van der Waals surface area contributed by atoms with Crippen molar-refractivity contribution in [1.82, 2.24) is 0 Å². The second-order valence-electron chi connectivity index (χ2n) is 3.87. The van der Waals surface area contributed by atoms with Gasteiger partial charge in [0.25, 0.3) is 0 Å². The molecule has 2 rings (SSSR count). The molecule has 1 saturated heterocycles. The van der Waals surface area contributed by atoms with Crippen molar-refractivity contribution < 1.29 is 9.53 Å². The van der Waals surface area contributed by atoms with Gasteiger partial charge >= 0.3 is 5.97 Å². The molecule has 1 heterocycles. The van der Waals surface area contributed by atoms with Gasteiger partial charge in [0.15, 0.2) is 0 Å². The van der Waals surface area contributed by atoms with Gasteiger partial charge in [-0.3, -0.25) is 4.79 Å². The lowest BCUT2D eigenvalue weighted by Crippen LogP contribution is -2.27. The van der Waals surface area contributed by atoms with Crippen LogP contribution < -0.4 is 0 Å². The van der Waals surface area contributed by atoms with Gasteiger partial charge in [0.1, 0.15) is 0 Å². The van der Waals surface area contributed by atoms with Crippen LogP contribution in [0.3, 0.4) is 0 Å². The van der Waals surface area contributed by atoms with Crippen molar-refractivity contribution in [3.63, 3.8) is 0 Å². The van der Waals surface area contributed by atoms with E-state index in [1.165, 1.54) is 5.56 Å². The summed E-state index contributed by atoms with van der Waals surface area (Å²) in [4.78, 5) is 11.1. The minimum Gasteiger partial charge on any atom is -0.465 e. The van der Waals surface area contributed by atoms with Gasteiger partial charge in [-0.25, -0.2) is 0 Å². The van der Waals surface area contributed by atoms with Crippen molar-refractivity contribution in [3.8, 4) is 0 Å². The van der Waals surface area contributed by atoms with E-state index in [1.54, 1.807) is 0 Å². The van der Waals surface area contributed by atoms with Crippen molar-refractivity contribution in [2.45, 2.75) is 19.3 Å². The maximum Gasteiger partial charge on any atom is 0.308 e. The monoisotopic (exact) mass is 190 g/mol. The number of hydrogen-bond donors (Lipinski definition) is 0. The molecule has 1 fully saturated rings. The minimum atomic E-state index is -0.0582. The first-order valence-electron chi connectivity index (χ1n) is 4.99. The van der Waals surface area contributed by atoms with Crippen LogP contribution in [0.2, 0.25) is 0 Å². The highest BCUT2D eigenvalue weighted by atomic mass is 16.5. The van der Waals surface area contributed by atoms with Gasteiger partial charge in [-0.05, 0) is 12.0 Å². The zero-order valence-corrected chi connectivity index (χ0v) is 8.27. The lowest BCUT2D eigenvalue weighted by Gasteiger charge is -2.26. The molecular formula is C12H14O2. The number of ether oxygens (including phenoxy) is 1. The van der Waals surface area contributed by atoms with Gasteiger partial charge in [-0.2, -0.15) is 0 Å². The quantitative estimate of drug-likeness (QED) is 0.635. The zero-order valence-electron chi connectivity index (χ0n) is 8.27. The SMILES string of the molecule is C[C@@H]1C[C@@H](c2ccccc2)COC1=O. The molecule has 2 nitrogen and oxygen atoms in total. The molecule has 0 saturated carbocycles. The van der Waals surface area contributed by atoms with Gasteiger partial charge in [0.2, 0.25) is 0 Å². The topological polar surface area (TPSA) is 26.3 Å². The largest absolute Gasteiger partial charge is 0.465 e. The van der Waals surface area contributed by atoms with E-state index in [4.69, 9.17) is 4.74 Å². The van der Waals surface area contributed by atoms with Crippen LogP contribution in [0.25, 0.3) is 0 Å². The average molecular weight is 190 g/mol. The number of benzene rings is 1. The molecule has 1 aromatic carbocycles. The predicted molar refractivity (Wildman–Crippen MR) is 53.9 cm³/mol. The van der Waals surface area contributed by atoms with E-state index in [2.05, 4.69) is 12.1 Å². The number of hydrogen-bond acceptors (Lipinski definition) is 2. The average Bonchev–Trinajstić information content (AvgIpc) is 2.23. The minimum absolute atomic E-state index is 0.0361. The van der Waals surface area contributed by atoms with Crippen LogP contribution in [0.1, 0.15) is 24.8 Å². The number of carbonyl (C=O) groups is 1. The predicted octanol–water partition coefficient (Wildman–Crippen LogP) is 2.35. The summed E-state index contributed by atoms with van der Waals surface area (Å²) in [5.74, 6) is 0.357. The maximum absolute atomic E-state index is 11.1. The third-order valence-corrected chi connectivity index (χ3v) is 2.74. The second kappa shape index (κ2) is 3.82. The summed E-state index contributed by atoms with van der Waals surface area (Å²) in [5, 5.41) is 0. The van der Waals surface area contributed by atoms with Crippen LogP contribution in [-0.4, -0.2) is 12.6 Å². The molecule has 0 N–H and O–H groups in total. The number of rotatable bonds is 1. The molecule has 0 unspecified atom stereocenters. The smallest absolute Gasteiger partial charge is 0.308 e. The third kappa shape index (κ3) is 1.79. The summed E-state index contributed by atoms with van der Waals surface area (Å²) in [6, 6.07) is 10.2. The van der Waals surface area contributed by atoms with E-state index in [1.807, 2.05) is 25.1 Å². The Hall–Kier alpha value is -1.31. The number of esters is 1. The Morgan fingerprint density at radius 1 is 1.29 bits per heavy atom. The molecule has 1 aliphatic rings. The van der Waals surface area contributed by atoms with Crippen LogP contribution in [0.5, 0.6) is 0 Å². The van der Waals surface area contributed by atoms with Crippen LogP contribution in [0, 0.1) is 5.92 Å². The van der Waals surface area contributed by atoms with Gasteiger partial charge in [-0.1, -0.05) is 37.3 Å². The molecule has 0 bridgehead atoms. The first-order valence-corrected chi connectivity index (χ1v) is 4.99. The molecule has 0 amide bonds. The third-order valence-electron chi connectivity index (χ3n) is 2.74. The molecule has 1 aliphatic heterocycles. The summed E-state index contributed by atoms with van der Waals surface area (Å²) in [5.41, 5.74) is 1.27. The van der Waals surface area contributed by atoms with Crippen molar-refractivity contribution in [2.24, 2.45) is 5.92 Å². The lowest BCUT2D eigenvalue weighted by molar-refractivity contribution is -0.153. The van der Waals surface area contributed by atoms with Crippen LogP contribution in [0.15, 0.2) is 30.3 Å². The Morgan fingerprint density at radius 3 is 2.64 bits per heavy atom. The molecule has 0 radical (unpaired) electrons. The highest BCUT2D eigenvalue weighted by Gasteiger charge is 2.27. The molecule has 0 aliphatic carbocycles. The summed E-state index contributed by atoms with van der Waals surface area (Å²) in [6.45, 7) is 2.46. The van der Waals surface area contributed by atoms with Gasteiger partial charge in [0, 0.05) is 5.92 Å². The van der Waals surface area contributed by atoms with E-state index < -0.39 is 0 Å². The van der Waals surface area contributed by atoms with Gasteiger partial charge < -0.3 is 4.74 Å². The Kier molecular flexibility index (Phi) is 2.53. The fraction of sp³-hybridized carbons (Fsp3) is 0.417. The standard InChI is InChI=1S/C12H14O2/c1-9-7-11(8-14-12(9)13)10-5-3-2-4-6-10/h2-6,9,11H,7-8H2,1H3/t9-,11-/m1/s1. The molecule has 74 valence electrons. The molecular weight excluding hydrogens is 176 g/mol. The zero-order chi connectivity index (χ0) is 9.97. The van der Waals surface area contributed by atoms with Crippen molar-refractivity contribution >= 4 is 5.97 Å². The molecule has 0 aromatic heterocycles. The summed E-state index contributed by atoms with van der Waals surface area (Å²) < 4.78 is 5.12. The first kappa shape index (κ1) is 9.25. The van der Waals surface area contributed by atoms with Crippen molar-refractivity contribution in [3.05, 3.63) is 35.9 Å². The van der Waals surface area contributed by atoms with Gasteiger partial charge in [-0.15, -0.1) is 0 Å². The van der Waals surface area contributed by atoms with Crippen LogP contribution in [-0.2, 0) is 9.53 Å². The maximum atomic E-state index is 11.1. The fourth-order valence-electron chi connectivity index (χ4n) is 1.87. The fourth-order valence-corrected chi connectivity index (χ4v) is 1.87. The first-order chi connectivity index (χ1) is 6.77. The number of cyclic esters (lactones) is 1. The summed E-state index contributed by atoms with van der Waals surface area (Å²) >= 11 is 0. The highest BCUT2D eigenvalue weighted by Crippen LogP contribution is 2.28.